The average Bonchev–Trinajstić information content (AvgIpc) is 2.76. The van der Waals surface area contributed by atoms with E-state index in [-0.39, 0.29) is 5.91 Å². The van der Waals surface area contributed by atoms with Crippen molar-refractivity contribution in [1.29, 1.82) is 0 Å². The van der Waals surface area contributed by atoms with Crippen molar-refractivity contribution < 1.29 is 4.79 Å². The first-order valence-electron chi connectivity index (χ1n) is 6.68. The van der Waals surface area contributed by atoms with Gasteiger partial charge in [-0.2, -0.15) is 0 Å². The van der Waals surface area contributed by atoms with Crippen LogP contribution in [0.4, 0.5) is 0 Å². The van der Waals surface area contributed by atoms with Crippen LogP contribution in [0.2, 0.25) is 0 Å². The van der Waals surface area contributed by atoms with Crippen LogP contribution in [-0.2, 0) is 0 Å². The number of unbranched alkanes of at least 4 members (excludes halogenated alkanes) is 1. The number of hydrogen-bond donors (Lipinski definition) is 1. The molecule has 0 radical (unpaired) electrons. The molecule has 0 aromatic carbocycles. The number of aromatic nitrogens is 3. The SMILES string of the molecule is CCCCN(CC)C(=O)c1cn(C2CNC2)nn1. The minimum absolute atomic E-state index is 0.00974. The summed E-state index contributed by atoms with van der Waals surface area (Å²) in [5.74, 6) is -0.00974. The zero-order valence-corrected chi connectivity index (χ0v) is 11.1. The standard InChI is InChI=1S/C12H21N5O/c1-3-5-6-16(4-2)12(18)11-9-17(15-14-11)10-7-13-8-10/h9-10,13H,3-8H2,1-2H3. The molecule has 0 unspecified atom stereocenters. The predicted molar refractivity (Wildman–Crippen MR) is 68.4 cm³/mol. The van der Waals surface area contributed by atoms with Crippen LogP contribution in [0.25, 0.3) is 0 Å². The topological polar surface area (TPSA) is 63.1 Å². The highest BCUT2D eigenvalue weighted by Gasteiger charge is 2.23. The van der Waals surface area contributed by atoms with Crippen LogP contribution in [0.5, 0.6) is 0 Å². The van der Waals surface area contributed by atoms with Gasteiger partial charge in [0.2, 0.25) is 0 Å². The van der Waals surface area contributed by atoms with E-state index in [0.29, 0.717) is 11.7 Å². The molecule has 1 amide bonds. The molecule has 1 aromatic heterocycles. The van der Waals surface area contributed by atoms with Crippen LogP contribution < -0.4 is 5.32 Å². The summed E-state index contributed by atoms with van der Waals surface area (Å²) in [5, 5.41) is 11.2. The van der Waals surface area contributed by atoms with Gasteiger partial charge in [0, 0.05) is 26.2 Å². The molecule has 1 aliphatic rings. The van der Waals surface area contributed by atoms with E-state index in [1.807, 2.05) is 11.8 Å². The minimum atomic E-state index is -0.00974. The Balaban J connectivity index is 2.00. The highest BCUT2D eigenvalue weighted by Crippen LogP contribution is 2.11. The highest BCUT2D eigenvalue weighted by molar-refractivity contribution is 5.91. The van der Waals surface area contributed by atoms with Crippen LogP contribution in [-0.4, -0.2) is 52.0 Å². The number of rotatable bonds is 6. The monoisotopic (exact) mass is 251 g/mol. The Bertz CT molecular complexity index is 399. The molecule has 0 atom stereocenters. The zero-order valence-electron chi connectivity index (χ0n) is 11.1. The maximum atomic E-state index is 12.2. The molecule has 1 aliphatic heterocycles. The van der Waals surface area contributed by atoms with Crippen molar-refractivity contribution in [2.45, 2.75) is 32.7 Å². The minimum Gasteiger partial charge on any atom is -0.337 e. The molecule has 1 N–H and O–H groups in total. The number of hydrogen-bond acceptors (Lipinski definition) is 4. The quantitative estimate of drug-likeness (QED) is 0.808. The van der Waals surface area contributed by atoms with Gasteiger partial charge in [-0.1, -0.05) is 18.6 Å². The van der Waals surface area contributed by atoms with Gasteiger partial charge < -0.3 is 10.2 Å². The third kappa shape index (κ3) is 2.69. The van der Waals surface area contributed by atoms with Crippen molar-refractivity contribution in [2.24, 2.45) is 0 Å². The van der Waals surface area contributed by atoms with Crippen LogP contribution in [0.15, 0.2) is 6.20 Å². The fourth-order valence-corrected chi connectivity index (χ4v) is 1.93. The summed E-state index contributed by atoms with van der Waals surface area (Å²) in [7, 11) is 0. The third-order valence-electron chi connectivity index (χ3n) is 3.31. The Kier molecular flexibility index (Phi) is 4.30. The molecule has 2 rings (SSSR count). The van der Waals surface area contributed by atoms with Gasteiger partial charge in [0.1, 0.15) is 0 Å². The Labute approximate surface area is 107 Å². The molecule has 0 bridgehead atoms. The van der Waals surface area contributed by atoms with E-state index in [1.54, 1.807) is 10.9 Å². The van der Waals surface area contributed by atoms with Gasteiger partial charge in [-0.25, -0.2) is 4.68 Å². The first-order chi connectivity index (χ1) is 8.76. The van der Waals surface area contributed by atoms with Gasteiger partial charge in [-0.3, -0.25) is 4.79 Å². The van der Waals surface area contributed by atoms with Gasteiger partial charge in [0.15, 0.2) is 5.69 Å². The number of carbonyl (C=O) groups excluding carboxylic acids is 1. The van der Waals surface area contributed by atoms with Crippen LogP contribution in [0.1, 0.15) is 43.2 Å². The van der Waals surface area contributed by atoms with E-state index in [1.165, 1.54) is 0 Å². The Hall–Kier alpha value is -1.43. The normalized spacial score (nSPS) is 15.4. The van der Waals surface area contributed by atoms with Crippen molar-refractivity contribution in [3.63, 3.8) is 0 Å². The number of nitrogens with one attached hydrogen (secondary N) is 1. The van der Waals surface area contributed by atoms with Crippen LogP contribution >= 0.6 is 0 Å². The van der Waals surface area contributed by atoms with Gasteiger partial charge >= 0.3 is 0 Å². The largest absolute Gasteiger partial charge is 0.337 e. The summed E-state index contributed by atoms with van der Waals surface area (Å²) in [6.07, 6.45) is 3.88. The second-order valence-electron chi connectivity index (χ2n) is 4.63. The molecule has 1 saturated heterocycles. The van der Waals surface area contributed by atoms with Crippen molar-refractivity contribution >= 4 is 5.91 Å². The van der Waals surface area contributed by atoms with Gasteiger partial charge in [0.25, 0.3) is 5.91 Å². The molecular weight excluding hydrogens is 230 g/mol. The highest BCUT2D eigenvalue weighted by atomic mass is 16.2. The van der Waals surface area contributed by atoms with E-state index in [0.717, 1.165) is 39.0 Å². The van der Waals surface area contributed by atoms with Crippen molar-refractivity contribution in [3.05, 3.63) is 11.9 Å². The van der Waals surface area contributed by atoms with Crippen molar-refractivity contribution in [1.82, 2.24) is 25.2 Å². The maximum Gasteiger partial charge on any atom is 0.276 e. The predicted octanol–water partition coefficient (Wildman–Crippen LogP) is 0.685. The third-order valence-corrected chi connectivity index (χ3v) is 3.31. The fraction of sp³-hybridized carbons (Fsp3) is 0.750. The molecule has 0 saturated carbocycles. The van der Waals surface area contributed by atoms with E-state index in [4.69, 9.17) is 0 Å². The number of nitrogens with zero attached hydrogens (tertiary/aromatic N) is 4. The molecule has 2 heterocycles. The average molecular weight is 251 g/mol. The molecule has 0 spiro atoms. The Morgan fingerprint density at radius 1 is 1.56 bits per heavy atom. The Morgan fingerprint density at radius 2 is 2.33 bits per heavy atom. The summed E-state index contributed by atoms with van der Waals surface area (Å²) in [4.78, 5) is 14.0. The number of carbonyl (C=O) groups is 1. The lowest BCUT2D eigenvalue weighted by molar-refractivity contribution is 0.0756. The fourth-order valence-electron chi connectivity index (χ4n) is 1.93. The first kappa shape index (κ1) is 13.0. The summed E-state index contributed by atoms with van der Waals surface area (Å²) in [6, 6.07) is 0.352. The molecule has 1 fully saturated rings. The second kappa shape index (κ2) is 5.95. The molecule has 1 aromatic rings. The molecule has 6 heteroatoms. The van der Waals surface area contributed by atoms with Gasteiger partial charge in [0.05, 0.1) is 12.2 Å². The molecular formula is C12H21N5O. The molecule has 100 valence electrons. The molecule has 18 heavy (non-hydrogen) atoms. The van der Waals surface area contributed by atoms with Crippen molar-refractivity contribution in [2.75, 3.05) is 26.2 Å². The van der Waals surface area contributed by atoms with Crippen LogP contribution in [0, 0.1) is 0 Å². The Morgan fingerprint density at radius 3 is 2.89 bits per heavy atom. The summed E-state index contributed by atoms with van der Waals surface area (Å²) >= 11 is 0. The zero-order chi connectivity index (χ0) is 13.0. The van der Waals surface area contributed by atoms with E-state index in [2.05, 4.69) is 22.6 Å². The molecule has 6 nitrogen and oxygen atoms in total. The summed E-state index contributed by atoms with van der Waals surface area (Å²) in [6.45, 7) is 7.45. The van der Waals surface area contributed by atoms with Gasteiger partial charge in [-0.05, 0) is 13.3 Å². The van der Waals surface area contributed by atoms with Crippen molar-refractivity contribution in [3.8, 4) is 0 Å². The summed E-state index contributed by atoms with van der Waals surface area (Å²) < 4.78 is 1.79. The number of amides is 1. The van der Waals surface area contributed by atoms with Gasteiger partial charge in [-0.15, -0.1) is 5.10 Å². The molecule has 0 aliphatic carbocycles. The smallest absolute Gasteiger partial charge is 0.276 e. The first-order valence-corrected chi connectivity index (χ1v) is 6.68. The summed E-state index contributed by atoms with van der Waals surface area (Å²) in [5.41, 5.74) is 0.458. The van der Waals surface area contributed by atoms with E-state index in [9.17, 15) is 4.79 Å². The lowest BCUT2D eigenvalue weighted by Gasteiger charge is -2.26. The maximum absolute atomic E-state index is 12.2. The second-order valence-corrected chi connectivity index (χ2v) is 4.63. The van der Waals surface area contributed by atoms with E-state index >= 15 is 0 Å². The lowest BCUT2D eigenvalue weighted by atomic mass is 10.2. The van der Waals surface area contributed by atoms with E-state index < -0.39 is 0 Å². The van der Waals surface area contributed by atoms with Crippen LogP contribution in [0.3, 0.4) is 0 Å². The lowest BCUT2D eigenvalue weighted by Crippen LogP contribution is -2.43.